The van der Waals surface area contributed by atoms with Gasteiger partial charge in [-0.15, -0.1) is 0 Å². The summed E-state index contributed by atoms with van der Waals surface area (Å²) in [5.74, 6) is -0.102. The second-order valence-electron chi connectivity index (χ2n) is 10.4. The molecule has 0 N–H and O–H groups in total. The van der Waals surface area contributed by atoms with E-state index < -0.39 is 5.41 Å². The van der Waals surface area contributed by atoms with E-state index in [-0.39, 0.29) is 35.8 Å². The molecule has 2 aromatic rings. The number of ether oxygens (including phenoxy) is 2. The summed E-state index contributed by atoms with van der Waals surface area (Å²) in [6.45, 7) is 9.60. The number of ketones is 1. The largest absolute Gasteiger partial charge is 0.429 e. The minimum atomic E-state index is -0.654. The van der Waals surface area contributed by atoms with Crippen LogP contribution in [0.5, 0.6) is 0 Å². The number of esters is 1. The van der Waals surface area contributed by atoms with E-state index in [2.05, 4.69) is 24.3 Å². The van der Waals surface area contributed by atoms with Gasteiger partial charge in [0.2, 0.25) is 0 Å². The molecule has 0 aromatic heterocycles. The first-order chi connectivity index (χ1) is 15.2. The highest BCUT2D eigenvalue weighted by molar-refractivity contribution is 6.26. The summed E-state index contributed by atoms with van der Waals surface area (Å²) in [6, 6.07) is 14.5. The highest BCUT2D eigenvalue weighted by atomic mass is 16.5. The predicted molar refractivity (Wildman–Crippen MR) is 124 cm³/mol. The van der Waals surface area contributed by atoms with Gasteiger partial charge in [-0.3, -0.25) is 9.59 Å². The fourth-order valence-electron chi connectivity index (χ4n) is 5.57. The van der Waals surface area contributed by atoms with Crippen molar-refractivity contribution in [2.45, 2.75) is 59.7 Å². The molecule has 3 aliphatic rings. The van der Waals surface area contributed by atoms with Crippen LogP contribution in [0.3, 0.4) is 0 Å². The van der Waals surface area contributed by atoms with Gasteiger partial charge in [0.05, 0.1) is 35.0 Å². The van der Waals surface area contributed by atoms with Crippen molar-refractivity contribution < 1.29 is 19.1 Å². The number of benzene rings is 2. The van der Waals surface area contributed by atoms with Gasteiger partial charge in [-0.1, -0.05) is 42.5 Å². The van der Waals surface area contributed by atoms with E-state index in [1.165, 1.54) is 0 Å². The zero-order chi connectivity index (χ0) is 22.8. The number of hydrogen-bond donors (Lipinski definition) is 0. The molecular formula is C28H30O4. The molecule has 1 aliphatic carbocycles. The van der Waals surface area contributed by atoms with Gasteiger partial charge in [0, 0.05) is 0 Å². The van der Waals surface area contributed by atoms with Crippen LogP contribution in [-0.2, 0) is 19.1 Å². The Labute approximate surface area is 189 Å². The van der Waals surface area contributed by atoms with Crippen molar-refractivity contribution in [3.8, 4) is 11.1 Å². The lowest BCUT2D eigenvalue weighted by molar-refractivity contribution is -0.149. The third kappa shape index (κ3) is 3.24. The molecule has 0 spiro atoms. The third-order valence-corrected chi connectivity index (χ3v) is 7.08. The predicted octanol–water partition coefficient (Wildman–Crippen LogP) is 5.65. The Morgan fingerprint density at radius 1 is 0.938 bits per heavy atom. The topological polar surface area (TPSA) is 52.6 Å². The van der Waals surface area contributed by atoms with Crippen LogP contribution in [0.25, 0.3) is 16.7 Å². The van der Waals surface area contributed by atoms with Crippen LogP contribution in [0, 0.1) is 31.1 Å². The minimum absolute atomic E-state index is 0.0431. The molecule has 2 heterocycles. The molecule has 32 heavy (non-hydrogen) atoms. The Morgan fingerprint density at radius 3 is 2.12 bits per heavy atom. The molecule has 166 valence electrons. The summed E-state index contributed by atoms with van der Waals surface area (Å²) in [7, 11) is 0. The molecule has 0 amide bonds. The van der Waals surface area contributed by atoms with Crippen LogP contribution in [0.4, 0.5) is 0 Å². The second kappa shape index (κ2) is 7.41. The first-order valence-electron chi connectivity index (χ1n) is 11.5. The maximum atomic E-state index is 13.7. The number of allylic oxidation sites excluding steroid dienone is 1. The zero-order valence-electron chi connectivity index (χ0n) is 19.4. The highest BCUT2D eigenvalue weighted by Gasteiger charge is 2.60. The van der Waals surface area contributed by atoms with Crippen molar-refractivity contribution in [3.05, 3.63) is 64.9 Å². The lowest BCUT2D eigenvalue weighted by Gasteiger charge is -2.24. The van der Waals surface area contributed by atoms with Gasteiger partial charge in [-0.25, -0.2) is 0 Å². The van der Waals surface area contributed by atoms with E-state index in [9.17, 15) is 9.59 Å². The lowest BCUT2D eigenvalue weighted by Crippen LogP contribution is -2.31. The van der Waals surface area contributed by atoms with Gasteiger partial charge in [0.15, 0.2) is 5.78 Å². The zero-order valence-corrected chi connectivity index (χ0v) is 19.4. The Hall–Kier alpha value is -2.72. The summed E-state index contributed by atoms with van der Waals surface area (Å²) in [5.41, 5.74) is 5.13. The van der Waals surface area contributed by atoms with Crippen LogP contribution in [0.2, 0.25) is 0 Å². The number of aryl methyl sites for hydroxylation is 2. The quantitative estimate of drug-likeness (QED) is 0.591. The average molecular weight is 431 g/mol. The van der Waals surface area contributed by atoms with E-state index >= 15 is 0 Å². The van der Waals surface area contributed by atoms with E-state index in [1.807, 2.05) is 52.8 Å². The summed E-state index contributed by atoms with van der Waals surface area (Å²) in [6.07, 6.45) is 1.70. The monoisotopic (exact) mass is 430 g/mol. The molecule has 2 fully saturated rings. The number of carbonyl (C=O) groups excluding carboxylic acids is 2. The van der Waals surface area contributed by atoms with Crippen LogP contribution >= 0.6 is 0 Å². The van der Waals surface area contributed by atoms with Gasteiger partial charge in [-0.05, 0) is 75.3 Å². The molecule has 4 nitrogen and oxygen atoms in total. The standard InChI is InChI=1S/C28H30O4/c1-15-13-18(17-9-7-6-8-10-17)14-16(2)21(15)24-25(29)22-19-11-12-20(31-19)23(22)26(24)32-27(30)28(3,4)5/h6-10,13-14,19-20,22-23H,11-12H2,1-5H3/t19?,20?,22-,23+/m0/s1. The minimum Gasteiger partial charge on any atom is -0.429 e. The van der Waals surface area contributed by atoms with Gasteiger partial charge in [-0.2, -0.15) is 0 Å². The second-order valence-corrected chi connectivity index (χ2v) is 10.4. The van der Waals surface area contributed by atoms with Gasteiger partial charge in [0.25, 0.3) is 0 Å². The average Bonchev–Trinajstić information content (AvgIpc) is 3.42. The Morgan fingerprint density at radius 2 is 1.53 bits per heavy atom. The van der Waals surface area contributed by atoms with E-state index in [0.717, 1.165) is 40.7 Å². The molecule has 2 bridgehead atoms. The van der Waals surface area contributed by atoms with Crippen molar-refractivity contribution in [3.63, 3.8) is 0 Å². The molecule has 0 radical (unpaired) electrons. The molecule has 4 atom stereocenters. The molecule has 2 unspecified atom stereocenters. The van der Waals surface area contributed by atoms with Crippen molar-refractivity contribution in [1.82, 2.24) is 0 Å². The molecule has 2 aliphatic heterocycles. The van der Waals surface area contributed by atoms with Gasteiger partial charge < -0.3 is 9.47 Å². The molecule has 2 aromatic carbocycles. The Bertz CT molecular complexity index is 1110. The van der Waals surface area contributed by atoms with Gasteiger partial charge in [0.1, 0.15) is 5.76 Å². The molecular weight excluding hydrogens is 400 g/mol. The first kappa shape index (κ1) is 21.1. The maximum Gasteiger partial charge on any atom is 0.316 e. The summed E-state index contributed by atoms with van der Waals surface area (Å²) in [5, 5.41) is 0. The number of fused-ring (bicyclic) bond motifs is 5. The SMILES string of the molecule is Cc1cc(-c2ccccc2)cc(C)c1C1=C(OC(=O)C(C)(C)C)[C@@H]2C3CCC(O3)[C@@H]2C1=O. The molecule has 5 rings (SSSR count). The van der Waals surface area contributed by atoms with Crippen LogP contribution in [0.15, 0.2) is 48.2 Å². The number of Topliss-reactive ketones (excluding diaryl/α,β-unsaturated/α-hetero) is 1. The summed E-state index contributed by atoms with van der Waals surface area (Å²) >= 11 is 0. The maximum absolute atomic E-state index is 13.7. The van der Waals surface area contributed by atoms with Gasteiger partial charge >= 0.3 is 5.97 Å². The van der Waals surface area contributed by atoms with Crippen molar-refractivity contribution in [2.24, 2.45) is 17.3 Å². The summed E-state index contributed by atoms with van der Waals surface area (Å²) < 4.78 is 12.1. The molecule has 4 heteroatoms. The highest BCUT2D eigenvalue weighted by Crippen LogP contribution is 2.55. The van der Waals surface area contributed by atoms with Crippen molar-refractivity contribution >= 4 is 17.3 Å². The van der Waals surface area contributed by atoms with Crippen molar-refractivity contribution in [1.29, 1.82) is 0 Å². The molecule has 0 saturated carbocycles. The molecule has 2 saturated heterocycles. The normalized spacial score (nSPS) is 26.6. The Kier molecular flexibility index (Phi) is 4.90. The number of carbonyl (C=O) groups is 2. The summed E-state index contributed by atoms with van der Waals surface area (Å²) in [4.78, 5) is 26.6. The van der Waals surface area contributed by atoms with Crippen LogP contribution in [0.1, 0.15) is 50.3 Å². The van der Waals surface area contributed by atoms with Crippen molar-refractivity contribution in [2.75, 3.05) is 0 Å². The first-order valence-corrected chi connectivity index (χ1v) is 11.5. The van der Waals surface area contributed by atoms with E-state index in [1.54, 1.807) is 0 Å². The van der Waals surface area contributed by atoms with Crippen LogP contribution < -0.4 is 0 Å². The third-order valence-electron chi connectivity index (χ3n) is 7.08. The van der Waals surface area contributed by atoms with E-state index in [0.29, 0.717) is 11.3 Å². The number of rotatable bonds is 3. The fourth-order valence-corrected chi connectivity index (χ4v) is 5.57. The number of hydrogen-bond acceptors (Lipinski definition) is 4. The Balaban J connectivity index is 1.65. The lowest BCUT2D eigenvalue weighted by atomic mass is 9.80. The van der Waals surface area contributed by atoms with Crippen LogP contribution in [-0.4, -0.2) is 24.0 Å². The fraction of sp³-hybridized carbons (Fsp3) is 0.429. The smallest absolute Gasteiger partial charge is 0.316 e. The van der Waals surface area contributed by atoms with E-state index in [4.69, 9.17) is 9.47 Å².